The van der Waals surface area contributed by atoms with Crippen molar-refractivity contribution >= 4 is 11.6 Å². The SMILES string of the molecule is COC1CC2(C1)CC2CCl. The molecule has 1 nitrogen and oxygen atoms in total. The predicted octanol–water partition coefficient (Wildman–Crippen LogP) is 2.04. The van der Waals surface area contributed by atoms with E-state index in [0.717, 1.165) is 11.8 Å². The van der Waals surface area contributed by atoms with Crippen LogP contribution >= 0.6 is 11.6 Å². The molecule has 0 aliphatic heterocycles. The zero-order valence-corrected chi connectivity index (χ0v) is 7.03. The molecule has 2 rings (SSSR count). The third-order valence-electron chi connectivity index (χ3n) is 3.15. The van der Waals surface area contributed by atoms with Gasteiger partial charge in [-0.3, -0.25) is 0 Å². The van der Waals surface area contributed by atoms with Crippen molar-refractivity contribution in [3.63, 3.8) is 0 Å². The van der Waals surface area contributed by atoms with E-state index < -0.39 is 0 Å². The Hall–Kier alpha value is 0.250. The van der Waals surface area contributed by atoms with Gasteiger partial charge in [0.2, 0.25) is 0 Å². The van der Waals surface area contributed by atoms with Gasteiger partial charge in [-0.15, -0.1) is 11.6 Å². The first kappa shape index (κ1) is 6.93. The second-order valence-electron chi connectivity index (χ2n) is 3.68. The summed E-state index contributed by atoms with van der Waals surface area (Å²) in [4.78, 5) is 0. The second-order valence-corrected chi connectivity index (χ2v) is 3.99. The molecule has 0 aromatic rings. The van der Waals surface area contributed by atoms with Crippen LogP contribution in [0.4, 0.5) is 0 Å². The van der Waals surface area contributed by atoms with Crippen LogP contribution in [0.5, 0.6) is 0 Å². The number of rotatable bonds is 2. The monoisotopic (exact) mass is 160 g/mol. The van der Waals surface area contributed by atoms with Crippen LogP contribution < -0.4 is 0 Å². The van der Waals surface area contributed by atoms with E-state index in [0.29, 0.717) is 11.5 Å². The molecular weight excluding hydrogens is 148 g/mol. The number of hydrogen-bond acceptors (Lipinski definition) is 1. The smallest absolute Gasteiger partial charge is 0.0582 e. The Morgan fingerprint density at radius 2 is 2.20 bits per heavy atom. The van der Waals surface area contributed by atoms with Gasteiger partial charge < -0.3 is 4.74 Å². The van der Waals surface area contributed by atoms with Crippen LogP contribution in [0.3, 0.4) is 0 Å². The molecule has 0 aromatic heterocycles. The van der Waals surface area contributed by atoms with Crippen molar-refractivity contribution in [3.05, 3.63) is 0 Å². The minimum atomic E-state index is 0.549. The van der Waals surface area contributed by atoms with Crippen molar-refractivity contribution in [1.82, 2.24) is 0 Å². The minimum absolute atomic E-state index is 0.549. The molecule has 0 amide bonds. The Labute approximate surface area is 66.7 Å². The molecule has 2 aliphatic carbocycles. The number of hydrogen-bond donors (Lipinski definition) is 0. The van der Waals surface area contributed by atoms with Crippen molar-refractivity contribution < 1.29 is 4.74 Å². The first-order chi connectivity index (χ1) is 4.80. The van der Waals surface area contributed by atoms with Gasteiger partial charge in [-0.05, 0) is 30.6 Å². The Bertz CT molecular complexity index is 140. The lowest BCUT2D eigenvalue weighted by Gasteiger charge is -2.35. The van der Waals surface area contributed by atoms with Gasteiger partial charge in [0, 0.05) is 13.0 Å². The summed E-state index contributed by atoms with van der Waals surface area (Å²) in [6, 6.07) is 0. The summed E-state index contributed by atoms with van der Waals surface area (Å²) in [7, 11) is 1.80. The number of methoxy groups -OCH3 is 1. The standard InChI is InChI=1S/C8H13ClO/c1-10-7-3-8(4-7)2-6(8)5-9/h6-7H,2-5H2,1H3. The lowest BCUT2D eigenvalue weighted by Crippen LogP contribution is -2.33. The molecule has 0 aromatic carbocycles. The maximum absolute atomic E-state index is 5.75. The molecule has 1 atom stereocenters. The van der Waals surface area contributed by atoms with Crippen LogP contribution in [-0.4, -0.2) is 19.1 Å². The van der Waals surface area contributed by atoms with Gasteiger partial charge >= 0.3 is 0 Å². The minimum Gasteiger partial charge on any atom is -0.381 e. The van der Waals surface area contributed by atoms with E-state index in [-0.39, 0.29) is 0 Å². The maximum Gasteiger partial charge on any atom is 0.0582 e. The van der Waals surface area contributed by atoms with Gasteiger partial charge in [0.15, 0.2) is 0 Å². The zero-order chi connectivity index (χ0) is 7.19. The molecule has 0 bridgehead atoms. The molecule has 1 spiro atoms. The topological polar surface area (TPSA) is 9.23 Å². The van der Waals surface area contributed by atoms with Crippen LogP contribution in [0.15, 0.2) is 0 Å². The molecular formula is C8H13ClO. The van der Waals surface area contributed by atoms with Crippen LogP contribution in [0.1, 0.15) is 19.3 Å². The van der Waals surface area contributed by atoms with E-state index in [1.54, 1.807) is 7.11 Å². The molecule has 2 fully saturated rings. The van der Waals surface area contributed by atoms with E-state index in [9.17, 15) is 0 Å². The normalized spacial score (nSPS) is 51.0. The summed E-state index contributed by atoms with van der Waals surface area (Å²) in [5, 5.41) is 0. The first-order valence-corrected chi connectivity index (χ1v) is 4.43. The Morgan fingerprint density at radius 1 is 1.50 bits per heavy atom. The zero-order valence-electron chi connectivity index (χ0n) is 6.27. The van der Waals surface area contributed by atoms with Crippen molar-refractivity contribution in [1.29, 1.82) is 0 Å². The summed E-state index contributed by atoms with van der Waals surface area (Å²) < 4.78 is 5.21. The van der Waals surface area contributed by atoms with Gasteiger partial charge in [0.25, 0.3) is 0 Å². The van der Waals surface area contributed by atoms with Crippen molar-refractivity contribution in [3.8, 4) is 0 Å². The van der Waals surface area contributed by atoms with E-state index >= 15 is 0 Å². The van der Waals surface area contributed by atoms with Crippen LogP contribution in [0.25, 0.3) is 0 Å². The van der Waals surface area contributed by atoms with Crippen LogP contribution in [0, 0.1) is 11.3 Å². The fourth-order valence-corrected chi connectivity index (χ4v) is 2.60. The summed E-state index contributed by atoms with van der Waals surface area (Å²) in [5.74, 6) is 1.68. The molecule has 0 N–H and O–H groups in total. The third kappa shape index (κ3) is 0.802. The molecule has 2 saturated carbocycles. The Morgan fingerprint density at radius 3 is 2.60 bits per heavy atom. The third-order valence-corrected chi connectivity index (χ3v) is 3.52. The van der Waals surface area contributed by atoms with Gasteiger partial charge in [-0.25, -0.2) is 0 Å². The van der Waals surface area contributed by atoms with Crippen LogP contribution in [0.2, 0.25) is 0 Å². The molecule has 0 saturated heterocycles. The fourth-order valence-electron chi connectivity index (χ4n) is 2.16. The quantitative estimate of drug-likeness (QED) is 0.562. The summed E-state index contributed by atoms with van der Waals surface area (Å²) >= 11 is 5.75. The van der Waals surface area contributed by atoms with Crippen LogP contribution in [-0.2, 0) is 4.74 Å². The second kappa shape index (κ2) is 2.12. The van der Waals surface area contributed by atoms with Crippen molar-refractivity contribution in [2.45, 2.75) is 25.4 Å². The summed E-state index contributed by atoms with van der Waals surface area (Å²) in [5.41, 5.74) is 0.655. The molecule has 10 heavy (non-hydrogen) atoms. The molecule has 1 unspecified atom stereocenters. The maximum atomic E-state index is 5.75. The molecule has 0 radical (unpaired) electrons. The highest BCUT2D eigenvalue weighted by atomic mass is 35.5. The highest BCUT2D eigenvalue weighted by molar-refractivity contribution is 6.18. The predicted molar refractivity (Wildman–Crippen MR) is 41.3 cm³/mol. The fraction of sp³-hybridized carbons (Fsp3) is 1.00. The number of alkyl halides is 1. The highest BCUT2D eigenvalue weighted by Gasteiger charge is 2.60. The van der Waals surface area contributed by atoms with E-state index in [2.05, 4.69) is 0 Å². The van der Waals surface area contributed by atoms with Crippen molar-refractivity contribution in [2.75, 3.05) is 13.0 Å². The first-order valence-electron chi connectivity index (χ1n) is 3.89. The molecule has 58 valence electrons. The van der Waals surface area contributed by atoms with Gasteiger partial charge in [-0.1, -0.05) is 0 Å². The van der Waals surface area contributed by atoms with Gasteiger partial charge in [-0.2, -0.15) is 0 Å². The lowest BCUT2D eigenvalue weighted by atomic mass is 9.77. The molecule has 2 aliphatic rings. The largest absolute Gasteiger partial charge is 0.381 e. The Kier molecular flexibility index (Phi) is 1.47. The summed E-state index contributed by atoms with van der Waals surface area (Å²) in [6.07, 6.45) is 4.44. The van der Waals surface area contributed by atoms with Crippen molar-refractivity contribution in [2.24, 2.45) is 11.3 Å². The Balaban J connectivity index is 1.81. The van der Waals surface area contributed by atoms with E-state index in [4.69, 9.17) is 16.3 Å². The average molecular weight is 161 g/mol. The summed E-state index contributed by atoms with van der Waals surface area (Å²) in [6.45, 7) is 0. The van der Waals surface area contributed by atoms with E-state index in [1.807, 2.05) is 0 Å². The average Bonchev–Trinajstić information content (AvgIpc) is 2.58. The number of halogens is 1. The molecule has 0 heterocycles. The van der Waals surface area contributed by atoms with Gasteiger partial charge in [0.05, 0.1) is 6.10 Å². The lowest BCUT2D eigenvalue weighted by molar-refractivity contribution is -0.0158. The number of ether oxygens (including phenoxy) is 1. The van der Waals surface area contributed by atoms with E-state index in [1.165, 1.54) is 19.3 Å². The van der Waals surface area contributed by atoms with Gasteiger partial charge in [0.1, 0.15) is 0 Å². The highest BCUT2D eigenvalue weighted by Crippen LogP contribution is 2.66. The molecule has 2 heteroatoms.